The lowest BCUT2D eigenvalue weighted by atomic mass is 10.1. The molecule has 0 aliphatic heterocycles. The minimum atomic E-state index is -0.0897. The second-order valence-electron chi connectivity index (χ2n) is 4.97. The van der Waals surface area contributed by atoms with Crippen LogP contribution >= 0.6 is 27.5 Å². The molecule has 24 heavy (non-hydrogen) atoms. The number of benzene rings is 2. The monoisotopic (exact) mass is 403 g/mol. The van der Waals surface area contributed by atoms with Crippen LogP contribution in [0.4, 0.5) is 5.69 Å². The summed E-state index contributed by atoms with van der Waals surface area (Å²) in [6.45, 7) is 0.324. The zero-order chi connectivity index (χ0) is 16.8. The quantitative estimate of drug-likeness (QED) is 0.663. The summed E-state index contributed by atoms with van der Waals surface area (Å²) in [7, 11) is 0. The Morgan fingerprint density at radius 3 is 2.75 bits per heavy atom. The van der Waals surface area contributed by atoms with Crippen molar-refractivity contribution in [2.45, 2.75) is 6.42 Å². The molecule has 7 heteroatoms. The van der Waals surface area contributed by atoms with Gasteiger partial charge in [-0.2, -0.15) is 0 Å². The zero-order valence-corrected chi connectivity index (χ0v) is 15.0. The van der Waals surface area contributed by atoms with Gasteiger partial charge >= 0.3 is 0 Å². The Morgan fingerprint density at radius 1 is 1.21 bits per heavy atom. The Morgan fingerprint density at radius 2 is 2.04 bits per heavy atom. The molecule has 0 atom stereocenters. The number of carbonyl (C=O) groups excluding carboxylic acids is 1. The van der Waals surface area contributed by atoms with Gasteiger partial charge in [0.2, 0.25) is 5.91 Å². The number of aromatic nitrogens is 2. The smallest absolute Gasteiger partial charge is 0.227 e. The summed E-state index contributed by atoms with van der Waals surface area (Å²) in [5, 5.41) is 8.75. The van der Waals surface area contributed by atoms with E-state index in [0.29, 0.717) is 6.61 Å². The van der Waals surface area contributed by atoms with Gasteiger partial charge in [-0.3, -0.25) is 4.79 Å². The Labute approximate surface area is 152 Å². The van der Waals surface area contributed by atoms with Crippen molar-refractivity contribution in [2.75, 3.05) is 11.9 Å². The van der Waals surface area contributed by atoms with Crippen molar-refractivity contribution >= 4 is 39.1 Å². The average Bonchev–Trinajstić information content (AvgIpc) is 3.10. The Hall–Kier alpha value is -2.25. The van der Waals surface area contributed by atoms with E-state index in [1.54, 1.807) is 0 Å². The van der Waals surface area contributed by atoms with Crippen LogP contribution in [0.2, 0.25) is 0 Å². The van der Waals surface area contributed by atoms with Crippen molar-refractivity contribution in [3.63, 3.8) is 0 Å². The fraction of sp³-hybridized carbons (Fsp3) is 0.118. The van der Waals surface area contributed by atoms with E-state index in [1.807, 2.05) is 53.9 Å². The third-order valence-electron chi connectivity index (χ3n) is 3.22. The lowest BCUT2D eigenvalue weighted by Gasteiger charge is -2.08. The van der Waals surface area contributed by atoms with Crippen molar-refractivity contribution in [2.24, 2.45) is 0 Å². The van der Waals surface area contributed by atoms with Crippen molar-refractivity contribution in [1.29, 1.82) is 0 Å². The van der Waals surface area contributed by atoms with E-state index in [0.717, 1.165) is 27.2 Å². The molecule has 0 bridgehead atoms. The predicted octanol–water partition coefficient (Wildman–Crippen LogP) is 4.38. The molecule has 0 fully saturated rings. The number of nitrogens with zero attached hydrogens (tertiary/aromatic N) is 2. The van der Waals surface area contributed by atoms with Crippen LogP contribution in [0.25, 0.3) is 11.3 Å². The van der Waals surface area contributed by atoms with Crippen LogP contribution in [-0.2, 0) is 4.79 Å². The highest BCUT2D eigenvalue weighted by atomic mass is 79.9. The summed E-state index contributed by atoms with van der Waals surface area (Å²) in [5.41, 5.74) is 2.55. The molecule has 1 heterocycles. The summed E-state index contributed by atoms with van der Waals surface area (Å²) >= 11 is 4.69. The molecule has 122 valence electrons. The second kappa shape index (κ2) is 8.03. The number of nitrogens with one attached hydrogen (secondary N) is 1. The number of anilines is 1. The zero-order valence-electron chi connectivity index (χ0n) is 12.6. The normalized spacial score (nSPS) is 10.4. The molecular formula is C17H14BrN3O2S. The van der Waals surface area contributed by atoms with Gasteiger partial charge in [-0.1, -0.05) is 38.6 Å². The van der Waals surface area contributed by atoms with Crippen LogP contribution in [0.15, 0.2) is 58.4 Å². The van der Waals surface area contributed by atoms with Crippen LogP contribution in [0.5, 0.6) is 5.75 Å². The highest BCUT2D eigenvalue weighted by Gasteiger charge is 2.05. The van der Waals surface area contributed by atoms with Gasteiger partial charge in [0.1, 0.15) is 11.4 Å². The summed E-state index contributed by atoms with van der Waals surface area (Å²) < 4.78 is 10.3. The largest absolute Gasteiger partial charge is 0.493 e. The maximum atomic E-state index is 12.0. The number of carbonyl (C=O) groups is 1. The molecule has 0 spiro atoms. The minimum absolute atomic E-state index is 0.0897. The van der Waals surface area contributed by atoms with Gasteiger partial charge < -0.3 is 10.1 Å². The SMILES string of the molecule is O=C(CCOc1cccc(Br)c1)Nc1ccc(-c2csnn2)cc1. The summed E-state index contributed by atoms with van der Waals surface area (Å²) in [6, 6.07) is 15.0. The van der Waals surface area contributed by atoms with Gasteiger partial charge in [0.05, 0.1) is 13.0 Å². The molecule has 1 aromatic heterocycles. The molecule has 1 N–H and O–H groups in total. The molecule has 5 nitrogen and oxygen atoms in total. The van der Waals surface area contributed by atoms with Crippen molar-refractivity contribution in [3.05, 3.63) is 58.4 Å². The minimum Gasteiger partial charge on any atom is -0.493 e. The molecule has 3 aromatic rings. The lowest BCUT2D eigenvalue weighted by molar-refractivity contribution is -0.116. The predicted molar refractivity (Wildman–Crippen MR) is 98.2 cm³/mol. The van der Waals surface area contributed by atoms with Crippen LogP contribution in [0.1, 0.15) is 6.42 Å². The van der Waals surface area contributed by atoms with Gasteiger partial charge in [0.25, 0.3) is 0 Å². The fourth-order valence-corrected chi connectivity index (χ4v) is 2.90. The van der Waals surface area contributed by atoms with E-state index in [1.165, 1.54) is 11.5 Å². The standard InChI is InChI=1S/C17H14BrN3O2S/c18-13-2-1-3-15(10-13)23-9-8-17(22)19-14-6-4-12(5-7-14)16-11-24-21-20-16/h1-7,10-11H,8-9H2,(H,19,22). The van der Waals surface area contributed by atoms with Gasteiger partial charge in [-0.15, -0.1) is 5.10 Å². The van der Waals surface area contributed by atoms with E-state index in [-0.39, 0.29) is 12.3 Å². The Bertz CT molecular complexity index is 807. The van der Waals surface area contributed by atoms with Crippen LogP contribution < -0.4 is 10.1 Å². The van der Waals surface area contributed by atoms with Crippen molar-refractivity contribution in [3.8, 4) is 17.0 Å². The lowest BCUT2D eigenvalue weighted by Crippen LogP contribution is -2.15. The summed E-state index contributed by atoms with van der Waals surface area (Å²) in [6.07, 6.45) is 0.282. The van der Waals surface area contributed by atoms with E-state index in [4.69, 9.17) is 4.74 Å². The number of rotatable bonds is 6. The number of amides is 1. The van der Waals surface area contributed by atoms with Gasteiger partial charge in [-0.05, 0) is 41.9 Å². The summed E-state index contributed by atoms with van der Waals surface area (Å²) in [5.74, 6) is 0.645. The maximum Gasteiger partial charge on any atom is 0.227 e. The number of halogens is 1. The molecule has 3 rings (SSSR count). The molecule has 1 amide bonds. The highest BCUT2D eigenvalue weighted by molar-refractivity contribution is 9.10. The van der Waals surface area contributed by atoms with Crippen molar-refractivity contribution < 1.29 is 9.53 Å². The average molecular weight is 404 g/mol. The fourth-order valence-electron chi connectivity index (χ4n) is 2.06. The second-order valence-corrected chi connectivity index (χ2v) is 6.50. The maximum absolute atomic E-state index is 12.0. The molecule has 0 unspecified atom stereocenters. The van der Waals surface area contributed by atoms with E-state index < -0.39 is 0 Å². The van der Waals surface area contributed by atoms with Gasteiger partial charge in [0, 0.05) is 21.1 Å². The molecule has 0 radical (unpaired) electrons. The molecule has 0 aliphatic carbocycles. The number of ether oxygens (including phenoxy) is 1. The summed E-state index contributed by atoms with van der Waals surface area (Å²) in [4.78, 5) is 12.0. The first kappa shape index (κ1) is 16.6. The third kappa shape index (κ3) is 4.62. The highest BCUT2D eigenvalue weighted by Crippen LogP contribution is 2.20. The van der Waals surface area contributed by atoms with E-state index >= 15 is 0 Å². The van der Waals surface area contributed by atoms with Gasteiger partial charge in [0.15, 0.2) is 0 Å². The van der Waals surface area contributed by atoms with Crippen molar-refractivity contribution in [1.82, 2.24) is 9.59 Å². The Kier molecular flexibility index (Phi) is 5.55. The van der Waals surface area contributed by atoms with Gasteiger partial charge in [-0.25, -0.2) is 0 Å². The molecule has 0 saturated carbocycles. The molecule has 0 aliphatic rings. The first-order chi connectivity index (χ1) is 11.7. The topological polar surface area (TPSA) is 64.1 Å². The molecule has 0 saturated heterocycles. The molecular weight excluding hydrogens is 390 g/mol. The Balaban J connectivity index is 1.48. The van der Waals surface area contributed by atoms with Crippen LogP contribution in [0.3, 0.4) is 0 Å². The van der Waals surface area contributed by atoms with E-state index in [2.05, 4.69) is 30.8 Å². The molecule has 2 aromatic carbocycles. The first-order valence-corrected chi connectivity index (χ1v) is 8.89. The van der Waals surface area contributed by atoms with Crippen LogP contribution in [0, 0.1) is 0 Å². The number of hydrogen-bond donors (Lipinski definition) is 1. The van der Waals surface area contributed by atoms with Crippen LogP contribution in [-0.4, -0.2) is 22.1 Å². The third-order valence-corrected chi connectivity index (χ3v) is 4.22. The first-order valence-electron chi connectivity index (χ1n) is 7.26. The van der Waals surface area contributed by atoms with E-state index in [9.17, 15) is 4.79 Å². The number of hydrogen-bond acceptors (Lipinski definition) is 5.